The van der Waals surface area contributed by atoms with Crippen molar-refractivity contribution in [2.45, 2.75) is 26.7 Å². The Bertz CT molecular complexity index is 799. The zero-order valence-corrected chi connectivity index (χ0v) is 19.4. The Labute approximate surface area is 185 Å². The molecule has 0 aliphatic carbocycles. The van der Waals surface area contributed by atoms with Crippen molar-refractivity contribution in [2.24, 2.45) is 5.41 Å². The van der Waals surface area contributed by atoms with E-state index in [-0.39, 0.29) is 28.8 Å². The van der Waals surface area contributed by atoms with Crippen LogP contribution in [0.15, 0.2) is 91.0 Å². The van der Waals surface area contributed by atoms with Gasteiger partial charge in [0.05, 0.1) is 12.6 Å². The van der Waals surface area contributed by atoms with Gasteiger partial charge in [-0.15, -0.1) is 0 Å². The van der Waals surface area contributed by atoms with Crippen molar-refractivity contribution >= 4 is 29.1 Å². The molecule has 0 saturated carbocycles. The molecule has 3 aromatic carbocycles. The Hall–Kier alpha value is -1.96. The number of hydrogen-bond acceptors (Lipinski definition) is 1. The van der Waals surface area contributed by atoms with Crippen LogP contribution in [0.5, 0.6) is 0 Å². The van der Waals surface area contributed by atoms with E-state index in [4.69, 9.17) is 0 Å². The molecule has 0 atom stereocenters. The van der Waals surface area contributed by atoms with Crippen LogP contribution >= 0.6 is 7.26 Å². The Balaban J connectivity index is 0.00000300. The molecule has 1 N–H and O–H groups in total. The van der Waals surface area contributed by atoms with Gasteiger partial charge >= 0.3 is 5.97 Å². The topological polar surface area (TPSA) is 37.3 Å². The first kappa shape index (κ1) is 23.3. The lowest BCUT2D eigenvalue weighted by atomic mass is 9.87. The van der Waals surface area contributed by atoms with Gasteiger partial charge in [-0.3, -0.25) is 4.79 Å². The fourth-order valence-corrected chi connectivity index (χ4v) is 8.50. The van der Waals surface area contributed by atoms with Crippen molar-refractivity contribution in [1.82, 2.24) is 0 Å². The van der Waals surface area contributed by atoms with Gasteiger partial charge in [0.15, 0.2) is 0 Å². The zero-order chi connectivity index (χ0) is 20.0. The van der Waals surface area contributed by atoms with Crippen molar-refractivity contribution in [3.8, 4) is 0 Å². The molecule has 2 nitrogen and oxygen atoms in total. The summed E-state index contributed by atoms with van der Waals surface area (Å²) in [5, 5.41) is 13.4. The average molecular weight is 471 g/mol. The summed E-state index contributed by atoms with van der Waals surface area (Å²) in [6.45, 7) is 4.13. The molecule has 3 rings (SSSR count). The maximum Gasteiger partial charge on any atom is 0.303 e. The molecule has 29 heavy (non-hydrogen) atoms. The van der Waals surface area contributed by atoms with Crippen LogP contribution in [0.25, 0.3) is 0 Å². The second kappa shape index (κ2) is 10.2. The molecule has 0 saturated heterocycles. The predicted molar refractivity (Wildman–Crippen MR) is 121 cm³/mol. The standard InChI is InChI=1S/C25H27O2P.BrH/c1-25(2,20-24(26)27)18-19-28(21-12-6-3-7-13-21,22-14-8-4-9-15-22)23-16-10-5-11-17-23;/h3-17H,18-20H2,1-2H3;1H. The molecule has 4 heteroatoms. The second-order valence-corrected chi connectivity index (χ2v) is 11.6. The van der Waals surface area contributed by atoms with Crippen LogP contribution in [0.4, 0.5) is 0 Å². The van der Waals surface area contributed by atoms with Crippen molar-refractivity contribution in [3.05, 3.63) is 91.0 Å². The van der Waals surface area contributed by atoms with Crippen LogP contribution in [-0.2, 0) is 4.79 Å². The van der Waals surface area contributed by atoms with E-state index in [9.17, 15) is 9.90 Å². The van der Waals surface area contributed by atoms with E-state index < -0.39 is 13.2 Å². The number of aliphatic carboxylic acids is 1. The van der Waals surface area contributed by atoms with Crippen LogP contribution in [0.1, 0.15) is 26.7 Å². The third-order valence-electron chi connectivity index (χ3n) is 5.34. The highest BCUT2D eigenvalue weighted by Gasteiger charge is 2.46. The maximum atomic E-state index is 11.4. The highest BCUT2D eigenvalue weighted by molar-refractivity contribution is 7.95. The fourth-order valence-electron chi connectivity index (χ4n) is 3.85. The van der Waals surface area contributed by atoms with Gasteiger partial charge in [0.2, 0.25) is 0 Å². The highest BCUT2D eigenvalue weighted by Crippen LogP contribution is 2.57. The quantitative estimate of drug-likeness (QED) is 0.510. The fraction of sp³-hybridized carbons (Fsp3) is 0.240. The van der Waals surface area contributed by atoms with Gasteiger partial charge in [-0.2, -0.15) is 0 Å². The number of halogens is 1. The van der Waals surface area contributed by atoms with E-state index in [1.54, 1.807) is 0 Å². The van der Waals surface area contributed by atoms with E-state index in [1.807, 2.05) is 0 Å². The van der Waals surface area contributed by atoms with Crippen molar-refractivity contribution in [3.63, 3.8) is 0 Å². The number of carboxylic acids is 1. The monoisotopic (exact) mass is 470 g/mol. The Morgan fingerprint density at radius 2 is 1.10 bits per heavy atom. The first-order chi connectivity index (χ1) is 13.4. The summed E-state index contributed by atoms with van der Waals surface area (Å²) >= 11 is 0. The highest BCUT2D eigenvalue weighted by atomic mass is 79.9. The lowest BCUT2D eigenvalue weighted by Gasteiger charge is -2.31. The number of carboxylic acid groups (broad SMARTS) is 1. The largest absolute Gasteiger partial charge is 1.00 e. The van der Waals surface area contributed by atoms with Crippen LogP contribution in [0.3, 0.4) is 0 Å². The van der Waals surface area contributed by atoms with Gasteiger partial charge in [-0.25, -0.2) is 0 Å². The summed E-state index contributed by atoms with van der Waals surface area (Å²) < 4.78 is 0. The molecular weight excluding hydrogens is 443 g/mol. The SMILES string of the molecule is CC(C)(CC[P+](c1ccccc1)(c1ccccc1)c1ccccc1)CC(=O)O.[Br-]. The van der Waals surface area contributed by atoms with Gasteiger partial charge in [-0.1, -0.05) is 68.4 Å². The van der Waals surface area contributed by atoms with Gasteiger partial charge in [0, 0.05) is 0 Å². The number of benzene rings is 3. The van der Waals surface area contributed by atoms with Gasteiger partial charge in [0.25, 0.3) is 0 Å². The average Bonchev–Trinajstić information content (AvgIpc) is 2.70. The van der Waals surface area contributed by atoms with E-state index in [1.165, 1.54) is 15.9 Å². The second-order valence-electron chi connectivity index (χ2n) is 8.02. The van der Waals surface area contributed by atoms with E-state index in [0.717, 1.165) is 12.6 Å². The summed E-state index contributed by atoms with van der Waals surface area (Å²) in [5.74, 6) is -0.729. The molecule has 0 amide bonds. The molecule has 152 valence electrons. The molecule has 3 aromatic rings. The van der Waals surface area contributed by atoms with Crippen LogP contribution < -0.4 is 32.9 Å². The van der Waals surface area contributed by atoms with E-state index >= 15 is 0 Å². The third-order valence-corrected chi connectivity index (χ3v) is 9.78. The first-order valence-electron chi connectivity index (χ1n) is 9.71. The summed E-state index contributed by atoms with van der Waals surface area (Å²) in [6.07, 6.45) is 1.99. The number of hydrogen-bond donors (Lipinski definition) is 1. The van der Waals surface area contributed by atoms with E-state index in [0.29, 0.717) is 0 Å². The molecule has 0 fully saturated rings. The third kappa shape index (κ3) is 5.56. The Morgan fingerprint density at radius 3 is 1.41 bits per heavy atom. The molecular formula is C25H28BrO2P. The summed E-state index contributed by atoms with van der Waals surface area (Å²) in [6, 6.07) is 32.2. The van der Waals surface area contributed by atoms with Gasteiger partial charge < -0.3 is 22.1 Å². The lowest BCUT2D eigenvalue weighted by Crippen LogP contribution is -3.00. The summed E-state index contributed by atoms with van der Waals surface area (Å²) in [4.78, 5) is 11.4. The summed E-state index contributed by atoms with van der Waals surface area (Å²) in [5.41, 5.74) is -0.255. The molecule has 0 bridgehead atoms. The zero-order valence-electron chi connectivity index (χ0n) is 17.0. The minimum atomic E-state index is -1.89. The maximum absolute atomic E-state index is 11.4. The summed E-state index contributed by atoms with van der Waals surface area (Å²) in [7, 11) is -1.89. The smallest absolute Gasteiger partial charge is 0.303 e. The Morgan fingerprint density at radius 1 is 0.759 bits per heavy atom. The predicted octanol–water partition coefficient (Wildman–Crippen LogP) is 1.88. The lowest BCUT2D eigenvalue weighted by molar-refractivity contribution is -0.139. The van der Waals surface area contributed by atoms with Crippen LogP contribution in [0.2, 0.25) is 0 Å². The van der Waals surface area contributed by atoms with Crippen molar-refractivity contribution in [2.75, 3.05) is 6.16 Å². The Kier molecular flexibility index (Phi) is 8.19. The van der Waals surface area contributed by atoms with Gasteiger partial charge in [-0.05, 0) is 48.2 Å². The van der Waals surface area contributed by atoms with Crippen molar-refractivity contribution in [1.29, 1.82) is 0 Å². The number of carbonyl (C=O) groups is 1. The molecule has 0 aliphatic rings. The number of rotatable bonds is 8. The molecule has 0 heterocycles. The van der Waals surface area contributed by atoms with E-state index in [2.05, 4.69) is 105 Å². The minimum Gasteiger partial charge on any atom is -1.00 e. The first-order valence-corrected chi connectivity index (χ1v) is 11.7. The molecule has 0 aromatic heterocycles. The van der Waals surface area contributed by atoms with Crippen molar-refractivity contribution < 1.29 is 26.9 Å². The van der Waals surface area contributed by atoms with Gasteiger partial charge in [0.1, 0.15) is 23.2 Å². The van der Waals surface area contributed by atoms with Crippen LogP contribution in [-0.4, -0.2) is 17.2 Å². The molecule has 0 unspecified atom stereocenters. The molecule has 0 radical (unpaired) electrons. The minimum absolute atomic E-state index is 0. The van der Waals surface area contributed by atoms with Crippen LogP contribution in [0, 0.1) is 5.41 Å². The normalized spacial score (nSPS) is 11.5. The molecule has 0 aliphatic heterocycles. The molecule has 0 spiro atoms.